The molecular weight excluding hydrogens is 397 g/mol. The lowest BCUT2D eigenvalue weighted by Crippen LogP contribution is -2.26. The van der Waals surface area contributed by atoms with E-state index < -0.39 is 29.0 Å². The highest BCUT2D eigenvalue weighted by Crippen LogP contribution is 2.28. The van der Waals surface area contributed by atoms with Crippen molar-refractivity contribution in [1.82, 2.24) is 4.72 Å². The number of ether oxygens (including phenoxy) is 1. The molecule has 0 spiro atoms. The Morgan fingerprint density at radius 3 is 2.54 bits per heavy atom. The van der Waals surface area contributed by atoms with Gasteiger partial charge in [0.1, 0.15) is 16.2 Å². The van der Waals surface area contributed by atoms with Crippen LogP contribution in [0.25, 0.3) is 11.0 Å². The molecule has 0 bridgehead atoms. The number of fused-ring (bicyclic) bond motifs is 1. The summed E-state index contributed by atoms with van der Waals surface area (Å²) in [7, 11) is 1.41. The topological polar surface area (TPSA) is 71.8 Å². The Kier molecular flexibility index (Phi) is 5.32. The number of halogens is 3. The Hall–Kier alpha value is -3.01. The van der Waals surface area contributed by atoms with Gasteiger partial charge in [0.05, 0.1) is 0 Å². The first-order valence-electron chi connectivity index (χ1n) is 7.92. The fourth-order valence-corrected chi connectivity index (χ4v) is 3.29. The summed E-state index contributed by atoms with van der Waals surface area (Å²) >= 11 is 0. The summed E-state index contributed by atoms with van der Waals surface area (Å²) in [5.41, 5.74) is 1.30. The zero-order valence-electron chi connectivity index (χ0n) is 14.7. The molecule has 0 aliphatic heterocycles. The Labute approximate surface area is 160 Å². The van der Waals surface area contributed by atoms with E-state index in [2.05, 4.69) is 9.46 Å². The molecule has 3 rings (SSSR count). The first-order valence-corrected chi connectivity index (χ1v) is 9.07. The summed E-state index contributed by atoms with van der Waals surface area (Å²) in [6.45, 7) is 0. The fourth-order valence-electron chi connectivity index (χ4n) is 2.41. The molecule has 28 heavy (non-hydrogen) atoms. The lowest BCUT2D eigenvalue weighted by molar-refractivity contribution is -0.275. The lowest BCUT2D eigenvalue weighted by Gasteiger charge is -2.12. The Bertz CT molecular complexity index is 1050. The molecule has 0 radical (unpaired) electrons. The molecule has 0 aliphatic rings. The smallest absolute Gasteiger partial charge is 0.451 e. The quantitative estimate of drug-likeness (QED) is 0.689. The largest absolute Gasteiger partial charge is 0.573 e. The highest BCUT2D eigenvalue weighted by Gasteiger charge is 2.33. The number of anilines is 1. The Morgan fingerprint density at radius 1 is 1.14 bits per heavy atom. The number of nitrogens with one attached hydrogen (secondary N) is 1. The van der Waals surface area contributed by atoms with Crippen molar-refractivity contribution in [1.29, 1.82) is 0 Å². The second kappa shape index (κ2) is 7.55. The first kappa shape index (κ1) is 19.7. The third-order valence-electron chi connectivity index (χ3n) is 3.70. The molecular formula is C18H15F3N2O4S. The molecule has 1 unspecified atom stereocenters. The maximum absolute atomic E-state index is 12.5. The average Bonchev–Trinajstić information content (AvgIpc) is 3.04. The number of benzene rings is 2. The van der Waals surface area contributed by atoms with Gasteiger partial charge < -0.3 is 14.1 Å². The molecule has 1 heterocycles. The van der Waals surface area contributed by atoms with Gasteiger partial charge in [-0.3, -0.25) is 9.52 Å². The first-order chi connectivity index (χ1) is 13.1. The molecule has 1 N–H and O–H groups in total. The summed E-state index contributed by atoms with van der Waals surface area (Å²) < 4.78 is 61.3. The summed E-state index contributed by atoms with van der Waals surface area (Å²) in [4.78, 5) is 13.9. The van der Waals surface area contributed by atoms with Crippen LogP contribution in [0.3, 0.4) is 0 Å². The second-order valence-electron chi connectivity index (χ2n) is 5.92. The van der Waals surface area contributed by atoms with Gasteiger partial charge in [0, 0.05) is 31.2 Å². The number of rotatable bonds is 5. The molecule has 0 fully saturated rings. The number of hydrogen-bond donors (Lipinski definition) is 1. The van der Waals surface area contributed by atoms with E-state index >= 15 is 0 Å². The highest BCUT2D eigenvalue weighted by atomic mass is 32.2. The van der Waals surface area contributed by atoms with Crippen molar-refractivity contribution in [3.63, 3.8) is 0 Å². The van der Waals surface area contributed by atoms with Crippen LogP contribution in [0.5, 0.6) is 5.75 Å². The Morgan fingerprint density at radius 2 is 1.86 bits per heavy atom. The Balaban J connectivity index is 1.82. The van der Waals surface area contributed by atoms with E-state index in [1.54, 1.807) is 12.1 Å². The number of hydrogen-bond acceptors (Lipinski definition) is 5. The van der Waals surface area contributed by atoms with Crippen molar-refractivity contribution in [3.05, 3.63) is 54.3 Å². The van der Waals surface area contributed by atoms with Gasteiger partial charge in [-0.25, -0.2) is 4.21 Å². The minimum Gasteiger partial charge on any atom is -0.451 e. The molecule has 6 nitrogen and oxygen atoms in total. The predicted molar refractivity (Wildman–Crippen MR) is 97.5 cm³/mol. The van der Waals surface area contributed by atoms with Crippen LogP contribution in [0.2, 0.25) is 0 Å². The third-order valence-corrected chi connectivity index (χ3v) is 4.81. The van der Waals surface area contributed by atoms with Crippen LogP contribution in [-0.4, -0.2) is 30.6 Å². The number of nitrogens with zero attached hydrogens (tertiary/aromatic N) is 1. The van der Waals surface area contributed by atoms with Gasteiger partial charge in [-0.2, -0.15) is 0 Å². The van der Waals surface area contributed by atoms with Gasteiger partial charge in [-0.15, -0.1) is 13.2 Å². The number of carbonyl (C=O) groups is 1. The van der Waals surface area contributed by atoms with E-state index in [-0.39, 0.29) is 10.7 Å². The minimum absolute atomic E-state index is 0.117. The molecule has 10 heteroatoms. The molecule has 3 aromatic rings. The SMILES string of the molecule is CN(C)c1ccc2cc(C(=O)NS(=O)c3ccccc3OC(F)(F)F)oc2c1. The average molecular weight is 412 g/mol. The molecule has 1 atom stereocenters. The number of alkyl halides is 3. The van der Waals surface area contributed by atoms with E-state index in [4.69, 9.17) is 4.42 Å². The van der Waals surface area contributed by atoms with Crippen LogP contribution < -0.4 is 14.4 Å². The van der Waals surface area contributed by atoms with Gasteiger partial charge in [0.15, 0.2) is 16.7 Å². The van der Waals surface area contributed by atoms with Gasteiger partial charge in [-0.1, -0.05) is 12.1 Å². The van der Waals surface area contributed by atoms with Crippen LogP contribution in [-0.2, 0) is 11.0 Å². The number of amides is 1. The van der Waals surface area contributed by atoms with E-state index in [0.29, 0.717) is 11.0 Å². The molecule has 0 aliphatic carbocycles. The molecule has 2 aromatic carbocycles. The van der Waals surface area contributed by atoms with E-state index in [1.807, 2.05) is 25.1 Å². The molecule has 0 saturated carbocycles. The van der Waals surface area contributed by atoms with Gasteiger partial charge in [0.25, 0.3) is 5.91 Å². The van der Waals surface area contributed by atoms with Crippen molar-refractivity contribution in [2.24, 2.45) is 0 Å². The summed E-state index contributed by atoms with van der Waals surface area (Å²) in [5.74, 6) is -1.61. The zero-order valence-corrected chi connectivity index (χ0v) is 15.6. The molecule has 1 amide bonds. The predicted octanol–water partition coefficient (Wildman–Crippen LogP) is 3.85. The third kappa shape index (κ3) is 4.45. The standard InChI is InChI=1S/C18H15F3N2O4S/c1-23(2)12-8-7-11-9-15(26-14(11)10-12)17(24)22-28(25)16-6-4-3-5-13(16)27-18(19,20)21/h3-10H,1-2H3,(H,22,24). The highest BCUT2D eigenvalue weighted by molar-refractivity contribution is 7.83. The van der Waals surface area contributed by atoms with Gasteiger partial charge in [-0.05, 0) is 30.3 Å². The van der Waals surface area contributed by atoms with E-state index in [9.17, 15) is 22.2 Å². The van der Waals surface area contributed by atoms with E-state index in [1.165, 1.54) is 24.3 Å². The van der Waals surface area contributed by atoms with Crippen molar-refractivity contribution in [3.8, 4) is 5.75 Å². The van der Waals surface area contributed by atoms with Crippen LogP contribution in [0.4, 0.5) is 18.9 Å². The van der Waals surface area contributed by atoms with Crippen LogP contribution >= 0.6 is 0 Å². The van der Waals surface area contributed by atoms with Gasteiger partial charge >= 0.3 is 6.36 Å². The minimum atomic E-state index is -4.95. The summed E-state index contributed by atoms with van der Waals surface area (Å²) in [5, 5.41) is 0.655. The zero-order chi connectivity index (χ0) is 20.5. The molecule has 0 saturated heterocycles. The van der Waals surface area contributed by atoms with Crippen molar-refractivity contribution in [2.45, 2.75) is 11.3 Å². The molecule has 1 aromatic heterocycles. The van der Waals surface area contributed by atoms with E-state index in [0.717, 1.165) is 11.8 Å². The van der Waals surface area contributed by atoms with Crippen LogP contribution in [0.15, 0.2) is 57.8 Å². The summed E-state index contributed by atoms with van der Waals surface area (Å²) in [6, 6.07) is 11.6. The molecule has 148 valence electrons. The van der Waals surface area contributed by atoms with Crippen molar-refractivity contribution < 1.29 is 31.3 Å². The van der Waals surface area contributed by atoms with Crippen LogP contribution in [0.1, 0.15) is 10.6 Å². The number of para-hydroxylation sites is 1. The maximum Gasteiger partial charge on any atom is 0.573 e. The summed E-state index contributed by atoms with van der Waals surface area (Å²) in [6.07, 6.45) is -4.95. The second-order valence-corrected chi connectivity index (χ2v) is 7.10. The van der Waals surface area contributed by atoms with Crippen molar-refractivity contribution in [2.75, 3.05) is 19.0 Å². The monoisotopic (exact) mass is 412 g/mol. The lowest BCUT2D eigenvalue weighted by atomic mass is 10.2. The van der Waals surface area contributed by atoms with Crippen molar-refractivity contribution >= 4 is 33.5 Å². The number of carbonyl (C=O) groups excluding carboxylic acids is 1. The fraction of sp³-hybridized carbons (Fsp3) is 0.167. The van der Waals surface area contributed by atoms with Crippen LogP contribution in [0, 0.1) is 0 Å². The number of furan rings is 1. The normalized spacial score (nSPS) is 12.6. The maximum atomic E-state index is 12.5. The van der Waals surface area contributed by atoms with Gasteiger partial charge in [0.2, 0.25) is 0 Å².